The predicted octanol–water partition coefficient (Wildman–Crippen LogP) is 4.87. The Bertz CT molecular complexity index is 786. The lowest BCUT2D eigenvalue weighted by atomic mass is 10.1. The third-order valence-electron chi connectivity index (χ3n) is 3.40. The van der Waals surface area contributed by atoms with Crippen molar-refractivity contribution < 1.29 is 14.3 Å². The highest BCUT2D eigenvalue weighted by Gasteiger charge is 2.09. The van der Waals surface area contributed by atoms with Crippen molar-refractivity contribution in [3.05, 3.63) is 64.7 Å². The first-order valence-electron chi connectivity index (χ1n) is 7.77. The quantitative estimate of drug-likeness (QED) is 0.749. The van der Waals surface area contributed by atoms with E-state index in [4.69, 9.17) is 16.3 Å². The van der Waals surface area contributed by atoms with E-state index in [1.807, 2.05) is 12.1 Å². The fourth-order valence-corrected chi connectivity index (χ4v) is 2.23. The van der Waals surface area contributed by atoms with Crippen LogP contribution in [0.2, 0.25) is 5.02 Å². The molecule has 0 aromatic heterocycles. The molecule has 2 aromatic rings. The van der Waals surface area contributed by atoms with Gasteiger partial charge in [-0.3, -0.25) is 10.1 Å². The smallest absolute Gasteiger partial charge is 0.411 e. The van der Waals surface area contributed by atoms with E-state index >= 15 is 0 Å². The second-order valence-corrected chi connectivity index (χ2v) is 5.63. The molecule has 0 unspecified atom stereocenters. The average Bonchev–Trinajstić information content (AvgIpc) is 2.58. The highest BCUT2D eigenvalue weighted by Crippen LogP contribution is 2.23. The van der Waals surface area contributed by atoms with Gasteiger partial charge in [-0.15, -0.1) is 0 Å². The standard InChI is InChI=1S/C19H19ClN2O3/c1-3-25-19(24)22-17-6-4-5-16(13(17)2)21-18(23)12-9-14-7-10-15(20)11-8-14/h4-12H,3H2,1-2H3,(H,21,23)(H,22,24)/b12-9+. The van der Waals surface area contributed by atoms with Crippen LogP contribution < -0.4 is 10.6 Å². The number of carbonyl (C=O) groups is 2. The van der Waals surface area contributed by atoms with E-state index in [-0.39, 0.29) is 12.5 Å². The molecule has 0 aliphatic rings. The minimum absolute atomic E-state index is 0.272. The molecule has 2 N–H and O–H groups in total. The lowest BCUT2D eigenvalue weighted by Crippen LogP contribution is -2.15. The first-order valence-corrected chi connectivity index (χ1v) is 8.15. The summed E-state index contributed by atoms with van der Waals surface area (Å²) in [4.78, 5) is 23.6. The number of hydrogen-bond acceptors (Lipinski definition) is 3. The van der Waals surface area contributed by atoms with Crippen molar-refractivity contribution in [1.29, 1.82) is 0 Å². The number of anilines is 2. The lowest BCUT2D eigenvalue weighted by molar-refractivity contribution is -0.111. The van der Waals surface area contributed by atoms with Crippen LogP contribution in [0.1, 0.15) is 18.1 Å². The molecule has 25 heavy (non-hydrogen) atoms. The van der Waals surface area contributed by atoms with Crippen molar-refractivity contribution in [2.75, 3.05) is 17.2 Å². The molecule has 0 radical (unpaired) electrons. The Kier molecular flexibility index (Phi) is 6.60. The lowest BCUT2D eigenvalue weighted by Gasteiger charge is -2.12. The van der Waals surface area contributed by atoms with E-state index in [1.54, 1.807) is 50.3 Å². The Hall–Kier alpha value is -2.79. The molecule has 2 amide bonds. The number of hydrogen-bond donors (Lipinski definition) is 2. The van der Waals surface area contributed by atoms with Crippen molar-refractivity contribution in [3.8, 4) is 0 Å². The summed E-state index contributed by atoms with van der Waals surface area (Å²) in [6.45, 7) is 3.83. The second-order valence-electron chi connectivity index (χ2n) is 5.20. The number of ether oxygens (including phenoxy) is 1. The number of rotatable bonds is 5. The van der Waals surface area contributed by atoms with Crippen LogP contribution in [0, 0.1) is 6.92 Å². The van der Waals surface area contributed by atoms with Crippen molar-refractivity contribution in [1.82, 2.24) is 0 Å². The van der Waals surface area contributed by atoms with Gasteiger partial charge in [-0.05, 0) is 55.3 Å². The van der Waals surface area contributed by atoms with Crippen LogP contribution in [0.4, 0.5) is 16.2 Å². The molecule has 0 heterocycles. The van der Waals surface area contributed by atoms with Gasteiger partial charge in [-0.25, -0.2) is 4.79 Å². The molecule has 0 aliphatic heterocycles. The SMILES string of the molecule is CCOC(=O)Nc1cccc(NC(=O)/C=C/c2ccc(Cl)cc2)c1C. The molecule has 0 fully saturated rings. The van der Waals surface area contributed by atoms with E-state index in [9.17, 15) is 9.59 Å². The molecule has 0 atom stereocenters. The molecule has 2 rings (SSSR count). The molecule has 2 aromatic carbocycles. The molecule has 0 spiro atoms. The van der Waals surface area contributed by atoms with Gasteiger partial charge in [0, 0.05) is 22.5 Å². The molecular formula is C19H19ClN2O3. The topological polar surface area (TPSA) is 67.4 Å². The number of nitrogens with one attached hydrogen (secondary N) is 2. The van der Waals surface area contributed by atoms with Crippen LogP contribution in [-0.4, -0.2) is 18.6 Å². The largest absolute Gasteiger partial charge is 0.450 e. The summed E-state index contributed by atoms with van der Waals surface area (Å²) >= 11 is 5.83. The zero-order valence-electron chi connectivity index (χ0n) is 14.0. The molecule has 0 saturated carbocycles. The number of halogens is 1. The minimum atomic E-state index is -0.531. The molecule has 0 aliphatic carbocycles. The van der Waals surface area contributed by atoms with Crippen LogP contribution >= 0.6 is 11.6 Å². The van der Waals surface area contributed by atoms with Gasteiger partial charge < -0.3 is 10.1 Å². The van der Waals surface area contributed by atoms with Crippen molar-refractivity contribution in [2.45, 2.75) is 13.8 Å². The number of benzene rings is 2. The fraction of sp³-hybridized carbons (Fsp3) is 0.158. The fourth-order valence-electron chi connectivity index (χ4n) is 2.10. The van der Waals surface area contributed by atoms with Gasteiger partial charge in [0.15, 0.2) is 0 Å². The Balaban J connectivity index is 2.05. The third kappa shape index (κ3) is 5.65. The van der Waals surface area contributed by atoms with E-state index in [0.29, 0.717) is 16.4 Å². The number of carbonyl (C=O) groups excluding carboxylic acids is 2. The highest BCUT2D eigenvalue weighted by molar-refractivity contribution is 6.30. The Morgan fingerprint density at radius 1 is 1.08 bits per heavy atom. The normalized spacial score (nSPS) is 10.5. The summed E-state index contributed by atoms with van der Waals surface area (Å²) in [6.07, 6.45) is 2.60. The van der Waals surface area contributed by atoms with Crippen LogP contribution in [0.5, 0.6) is 0 Å². The zero-order valence-corrected chi connectivity index (χ0v) is 14.8. The summed E-state index contributed by atoms with van der Waals surface area (Å²) in [5.74, 6) is -0.272. The molecule has 0 saturated heterocycles. The summed E-state index contributed by atoms with van der Waals surface area (Å²) in [7, 11) is 0. The molecule has 6 heteroatoms. The monoisotopic (exact) mass is 358 g/mol. The molecular weight excluding hydrogens is 340 g/mol. The van der Waals surface area contributed by atoms with Crippen LogP contribution in [-0.2, 0) is 9.53 Å². The Labute approximate surface area is 151 Å². The van der Waals surface area contributed by atoms with Gasteiger partial charge in [-0.1, -0.05) is 29.8 Å². The maximum Gasteiger partial charge on any atom is 0.411 e. The Morgan fingerprint density at radius 2 is 1.72 bits per heavy atom. The maximum atomic E-state index is 12.1. The average molecular weight is 359 g/mol. The number of amides is 2. The van der Waals surface area contributed by atoms with Gasteiger partial charge in [0.1, 0.15) is 0 Å². The van der Waals surface area contributed by atoms with E-state index in [0.717, 1.165) is 11.1 Å². The van der Waals surface area contributed by atoms with E-state index in [1.165, 1.54) is 6.08 Å². The minimum Gasteiger partial charge on any atom is -0.450 e. The third-order valence-corrected chi connectivity index (χ3v) is 3.65. The van der Waals surface area contributed by atoms with Gasteiger partial charge in [-0.2, -0.15) is 0 Å². The Morgan fingerprint density at radius 3 is 2.36 bits per heavy atom. The van der Waals surface area contributed by atoms with Gasteiger partial charge >= 0.3 is 6.09 Å². The van der Waals surface area contributed by atoms with E-state index < -0.39 is 6.09 Å². The van der Waals surface area contributed by atoms with Gasteiger partial charge in [0.2, 0.25) is 5.91 Å². The van der Waals surface area contributed by atoms with Crippen LogP contribution in [0.15, 0.2) is 48.5 Å². The second kappa shape index (κ2) is 8.89. The summed E-state index contributed by atoms with van der Waals surface area (Å²) in [5, 5.41) is 6.08. The van der Waals surface area contributed by atoms with Crippen molar-refractivity contribution in [2.24, 2.45) is 0 Å². The molecule has 5 nitrogen and oxygen atoms in total. The summed E-state index contributed by atoms with van der Waals surface area (Å²) < 4.78 is 4.86. The van der Waals surface area contributed by atoms with Crippen LogP contribution in [0.3, 0.4) is 0 Å². The predicted molar refractivity (Wildman–Crippen MR) is 101 cm³/mol. The summed E-state index contributed by atoms with van der Waals surface area (Å²) in [6, 6.07) is 12.4. The summed E-state index contributed by atoms with van der Waals surface area (Å²) in [5.41, 5.74) is 2.80. The molecule has 0 bridgehead atoms. The van der Waals surface area contributed by atoms with Crippen LogP contribution in [0.25, 0.3) is 6.08 Å². The molecule has 130 valence electrons. The first kappa shape index (κ1) is 18.5. The van der Waals surface area contributed by atoms with Gasteiger partial charge in [0.25, 0.3) is 0 Å². The zero-order chi connectivity index (χ0) is 18.2. The maximum absolute atomic E-state index is 12.1. The van der Waals surface area contributed by atoms with Gasteiger partial charge in [0.05, 0.1) is 6.61 Å². The highest BCUT2D eigenvalue weighted by atomic mass is 35.5. The van der Waals surface area contributed by atoms with E-state index in [2.05, 4.69) is 10.6 Å². The van der Waals surface area contributed by atoms with Crippen molar-refractivity contribution >= 4 is 41.1 Å². The first-order chi connectivity index (χ1) is 12.0. The van der Waals surface area contributed by atoms with Crippen molar-refractivity contribution in [3.63, 3.8) is 0 Å².